The van der Waals surface area contributed by atoms with Gasteiger partial charge in [0.05, 0.1) is 9.77 Å². The van der Waals surface area contributed by atoms with Gasteiger partial charge in [-0.3, -0.25) is 0 Å². The highest BCUT2D eigenvalue weighted by Gasteiger charge is 2.31. The van der Waals surface area contributed by atoms with Crippen molar-refractivity contribution in [3.05, 3.63) is 40.2 Å². The highest BCUT2D eigenvalue weighted by molar-refractivity contribution is 7.89. The van der Waals surface area contributed by atoms with Gasteiger partial charge in [-0.2, -0.15) is 9.29 Å². The molecule has 0 aliphatic carbocycles. The maximum absolute atomic E-state index is 13.2. The van der Waals surface area contributed by atoms with Gasteiger partial charge in [0.15, 0.2) is 0 Å². The van der Waals surface area contributed by atoms with Crippen molar-refractivity contribution in [3.63, 3.8) is 0 Å². The normalized spacial score (nSPS) is 16.2. The first kappa shape index (κ1) is 21.5. The first-order chi connectivity index (χ1) is 14.4. The summed E-state index contributed by atoms with van der Waals surface area (Å²) < 4.78 is 33.4. The number of hydrogen-bond acceptors (Lipinski definition) is 7. The number of nitrogens with zero attached hydrogens (tertiary/aromatic N) is 4. The second kappa shape index (κ2) is 8.76. The van der Waals surface area contributed by atoms with Gasteiger partial charge in [0.2, 0.25) is 15.8 Å². The number of sulfonamides is 1. The van der Waals surface area contributed by atoms with Crippen LogP contribution in [-0.4, -0.2) is 60.5 Å². The van der Waals surface area contributed by atoms with E-state index in [1.165, 1.54) is 11.3 Å². The summed E-state index contributed by atoms with van der Waals surface area (Å²) in [6.07, 6.45) is 1.07. The molecular weight excluding hydrogens is 444 g/mol. The smallest absolute Gasteiger partial charge is 0.268 e. The third kappa shape index (κ3) is 4.31. The fraction of sp³-hybridized carbons (Fsp3) is 0.400. The number of aryl methyl sites for hydroxylation is 1. The van der Waals surface area contributed by atoms with Crippen molar-refractivity contribution < 1.29 is 12.9 Å². The molecule has 30 heavy (non-hydrogen) atoms. The molecule has 1 aliphatic rings. The molecule has 1 fully saturated rings. The molecule has 3 aromatic rings. The van der Waals surface area contributed by atoms with Crippen molar-refractivity contribution in [1.82, 2.24) is 19.3 Å². The molecular formula is C20H23ClN4O3S2. The molecule has 1 saturated heterocycles. The summed E-state index contributed by atoms with van der Waals surface area (Å²) in [6, 6.07) is 8.78. The third-order valence-corrected chi connectivity index (χ3v) is 8.54. The van der Waals surface area contributed by atoms with Gasteiger partial charge in [0, 0.05) is 41.6 Å². The fourth-order valence-electron chi connectivity index (χ4n) is 3.52. The summed E-state index contributed by atoms with van der Waals surface area (Å²) in [5.74, 6) is 0.742. The Morgan fingerprint density at radius 1 is 1.17 bits per heavy atom. The van der Waals surface area contributed by atoms with Crippen molar-refractivity contribution in [2.45, 2.75) is 25.2 Å². The molecule has 160 valence electrons. The molecule has 3 heterocycles. The van der Waals surface area contributed by atoms with Crippen LogP contribution in [0.25, 0.3) is 22.2 Å². The van der Waals surface area contributed by atoms with Crippen LogP contribution < -0.4 is 0 Å². The number of halogens is 1. The van der Waals surface area contributed by atoms with Crippen LogP contribution in [0.2, 0.25) is 5.02 Å². The number of piperazine rings is 1. The molecule has 4 rings (SSSR count). The first-order valence-electron chi connectivity index (χ1n) is 9.81. The molecule has 0 radical (unpaired) electrons. The Balaban J connectivity index is 1.56. The Bertz CT molecular complexity index is 1120. The summed E-state index contributed by atoms with van der Waals surface area (Å²) in [4.78, 5) is 8.41. The van der Waals surface area contributed by atoms with Crippen LogP contribution in [-0.2, 0) is 10.0 Å². The zero-order valence-corrected chi connectivity index (χ0v) is 19.2. The minimum absolute atomic E-state index is 0.308. The molecule has 0 saturated carbocycles. The topological polar surface area (TPSA) is 79.5 Å². The van der Waals surface area contributed by atoms with Gasteiger partial charge in [-0.25, -0.2) is 8.42 Å². The van der Waals surface area contributed by atoms with E-state index in [1.807, 2.05) is 19.1 Å². The second-order valence-electron chi connectivity index (χ2n) is 7.21. The Labute approximate surface area is 185 Å². The summed E-state index contributed by atoms with van der Waals surface area (Å²) in [7, 11) is -3.56. The maximum atomic E-state index is 13.2. The summed E-state index contributed by atoms with van der Waals surface area (Å²) in [5.41, 5.74) is 0.778. The lowest BCUT2D eigenvalue weighted by atomic mass is 10.2. The molecule has 0 N–H and O–H groups in total. The van der Waals surface area contributed by atoms with Gasteiger partial charge in [0.1, 0.15) is 0 Å². The molecule has 1 aromatic carbocycles. The van der Waals surface area contributed by atoms with Gasteiger partial charge < -0.3 is 9.42 Å². The average molecular weight is 467 g/mol. The van der Waals surface area contributed by atoms with Gasteiger partial charge >= 0.3 is 0 Å². The predicted molar refractivity (Wildman–Crippen MR) is 118 cm³/mol. The molecule has 0 bridgehead atoms. The van der Waals surface area contributed by atoms with Gasteiger partial charge in [-0.05, 0) is 50.2 Å². The van der Waals surface area contributed by atoms with Gasteiger partial charge in [0.25, 0.3) is 5.89 Å². The van der Waals surface area contributed by atoms with Crippen molar-refractivity contribution in [2.75, 3.05) is 32.7 Å². The molecule has 7 nitrogen and oxygen atoms in total. The van der Waals surface area contributed by atoms with Gasteiger partial charge in [-0.15, -0.1) is 11.3 Å². The van der Waals surface area contributed by atoms with E-state index in [1.54, 1.807) is 22.5 Å². The van der Waals surface area contributed by atoms with Crippen LogP contribution in [0.4, 0.5) is 0 Å². The van der Waals surface area contributed by atoms with E-state index in [9.17, 15) is 8.42 Å². The van der Waals surface area contributed by atoms with Crippen LogP contribution >= 0.6 is 22.9 Å². The fourth-order valence-corrected chi connectivity index (χ4v) is 6.55. The van der Waals surface area contributed by atoms with Gasteiger partial charge in [-0.1, -0.05) is 23.7 Å². The Morgan fingerprint density at radius 3 is 2.53 bits per heavy atom. The summed E-state index contributed by atoms with van der Waals surface area (Å²) >= 11 is 7.27. The van der Waals surface area contributed by atoms with Crippen molar-refractivity contribution in [2.24, 2.45) is 0 Å². The molecule has 0 atom stereocenters. The molecule has 0 spiro atoms. The zero-order chi connectivity index (χ0) is 21.3. The quantitative estimate of drug-likeness (QED) is 0.543. The highest BCUT2D eigenvalue weighted by atomic mass is 35.5. The van der Waals surface area contributed by atoms with Crippen LogP contribution in [0.1, 0.15) is 18.2 Å². The average Bonchev–Trinajstić information content (AvgIpc) is 3.36. The van der Waals surface area contributed by atoms with E-state index in [-0.39, 0.29) is 0 Å². The Kier molecular flexibility index (Phi) is 6.26. The number of benzene rings is 1. The highest BCUT2D eigenvalue weighted by Crippen LogP contribution is 2.35. The Hall–Kier alpha value is -1.78. The minimum atomic E-state index is -3.56. The summed E-state index contributed by atoms with van der Waals surface area (Å²) in [5, 5.41) is 4.65. The van der Waals surface area contributed by atoms with Crippen LogP contribution in [0.15, 0.2) is 39.8 Å². The summed E-state index contributed by atoms with van der Waals surface area (Å²) in [6.45, 7) is 7.49. The van der Waals surface area contributed by atoms with Crippen molar-refractivity contribution in [1.29, 1.82) is 0 Å². The third-order valence-electron chi connectivity index (χ3n) is 5.10. The second-order valence-corrected chi connectivity index (χ2v) is 10.8. The van der Waals surface area contributed by atoms with E-state index < -0.39 is 10.0 Å². The first-order valence-corrected chi connectivity index (χ1v) is 12.4. The molecule has 0 unspecified atom stereocenters. The zero-order valence-electron chi connectivity index (χ0n) is 16.8. The van der Waals surface area contributed by atoms with E-state index in [4.69, 9.17) is 16.1 Å². The van der Waals surface area contributed by atoms with Crippen molar-refractivity contribution >= 4 is 33.0 Å². The standard InChI is InChI=1S/C20H23ClN4O3S2/c1-3-8-24-9-11-25(12-10-24)30(26,27)18-13-17(29-14(18)2)20-22-19(23-28-20)15-4-6-16(21)7-5-15/h4-7,13H,3,8-12H2,1-2H3. The van der Waals surface area contributed by atoms with E-state index in [0.717, 1.165) is 31.6 Å². The number of hydrogen-bond donors (Lipinski definition) is 0. The number of thiophene rings is 1. The lowest BCUT2D eigenvalue weighted by molar-refractivity contribution is 0.188. The number of aromatic nitrogens is 2. The molecule has 1 aliphatic heterocycles. The molecule has 0 amide bonds. The van der Waals surface area contributed by atoms with E-state index in [2.05, 4.69) is 22.0 Å². The predicted octanol–water partition coefficient (Wildman–Crippen LogP) is 4.14. The molecule has 10 heteroatoms. The lowest BCUT2D eigenvalue weighted by Gasteiger charge is -2.33. The minimum Gasteiger partial charge on any atom is -0.333 e. The van der Waals surface area contributed by atoms with Crippen molar-refractivity contribution in [3.8, 4) is 22.2 Å². The van der Waals surface area contributed by atoms with E-state index >= 15 is 0 Å². The largest absolute Gasteiger partial charge is 0.333 e. The SMILES string of the molecule is CCCN1CCN(S(=O)(=O)c2cc(-c3nc(-c4ccc(Cl)cc4)no3)sc2C)CC1. The number of rotatable bonds is 6. The van der Waals surface area contributed by atoms with Crippen LogP contribution in [0.3, 0.4) is 0 Å². The maximum Gasteiger partial charge on any atom is 0.268 e. The van der Waals surface area contributed by atoms with Crippen LogP contribution in [0, 0.1) is 6.92 Å². The Morgan fingerprint density at radius 2 is 1.87 bits per heavy atom. The van der Waals surface area contributed by atoms with Crippen LogP contribution in [0.5, 0.6) is 0 Å². The monoisotopic (exact) mass is 466 g/mol. The van der Waals surface area contributed by atoms with E-state index in [0.29, 0.717) is 44.5 Å². The lowest BCUT2D eigenvalue weighted by Crippen LogP contribution is -2.48. The molecule has 2 aromatic heterocycles.